The maximum atomic E-state index is 12.8. The molecule has 1 aliphatic carbocycles. The molecule has 1 aromatic carbocycles. The van der Waals surface area contributed by atoms with Gasteiger partial charge in [0, 0.05) is 29.0 Å². The zero-order valence-electron chi connectivity index (χ0n) is 20.8. The van der Waals surface area contributed by atoms with E-state index < -0.39 is 0 Å². The summed E-state index contributed by atoms with van der Waals surface area (Å²) in [5.74, 6) is 0.130. The van der Waals surface area contributed by atoms with Gasteiger partial charge in [-0.05, 0) is 73.5 Å². The Bertz CT molecular complexity index is 1350. The predicted molar refractivity (Wildman–Crippen MR) is 139 cm³/mol. The molecule has 36 heavy (non-hydrogen) atoms. The standard InChI is InChI=1S/C27H31ClN6O2/c1-15-8-18(28)10-19(23(15)30-11-16-4-6-29-7-5-16)24-20-9-17(13-34(20)32-14-31-24)12-33-25(35)21-22(26(33)36)27(21,2)3/h8-10,13-14,16,21-22,29-30H,4-7,11-12H2,1-3H3. The molecule has 9 heteroatoms. The Balaban J connectivity index is 1.31. The minimum absolute atomic E-state index is 0.0635. The summed E-state index contributed by atoms with van der Waals surface area (Å²) in [5, 5.41) is 12.1. The number of carbonyl (C=O) groups is 2. The van der Waals surface area contributed by atoms with E-state index in [1.165, 1.54) is 11.2 Å². The van der Waals surface area contributed by atoms with Gasteiger partial charge in [-0.25, -0.2) is 9.50 Å². The molecule has 8 nitrogen and oxygen atoms in total. The monoisotopic (exact) mass is 506 g/mol. The van der Waals surface area contributed by atoms with E-state index in [0.717, 1.165) is 66.1 Å². The second kappa shape index (κ2) is 8.56. The molecule has 2 N–H and O–H groups in total. The van der Waals surface area contributed by atoms with Gasteiger partial charge in [-0.15, -0.1) is 0 Å². The van der Waals surface area contributed by atoms with E-state index in [4.69, 9.17) is 11.6 Å². The molecule has 2 atom stereocenters. The van der Waals surface area contributed by atoms with Crippen molar-refractivity contribution < 1.29 is 9.59 Å². The number of anilines is 1. The highest BCUT2D eigenvalue weighted by Gasteiger charge is 2.72. The van der Waals surface area contributed by atoms with Crippen LogP contribution in [0.2, 0.25) is 5.02 Å². The Labute approximate surface area is 215 Å². The molecule has 0 spiro atoms. The topological polar surface area (TPSA) is 91.6 Å². The van der Waals surface area contributed by atoms with Gasteiger partial charge < -0.3 is 10.6 Å². The molecule has 3 fully saturated rings. The van der Waals surface area contributed by atoms with E-state index in [2.05, 4.69) is 27.6 Å². The lowest BCUT2D eigenvalue weighted by atomic mass is 9.97. The normalized spacial score (nSPS) is 23.4. The summed E-state index contributed by atoms with van der Waals surface area (Å²) in [6, 6.07) is 5.88. The number of rotatable bonds is 6. The molecule has 3 aliphatic rings. The Hall–Kier alpha value is -2.97. The van der Waals surface area contributed by atoms with E-state index >= 15 is 0 Å². The lowest BCUT2D eigenvalue weighted by Crippen LogP contribution is -2.35. The number of nitrogens with one attached hydrogen (secondary N) is 2. The Morgan fingerprint density at radius 2 is 1.86 bits per heavy atom. The third-order valence-electron chi connectivity index (χ3n) is 8.28. The van der Waals surface area contributed by atoms with Gasteiger partial charge >= 0.3 is 0 Å². The van der Waals surface area contributed by atoms with Crippen LogP contribution < -0.4 is 10.6 Å². The smallest absolute Gasteiger partial charge is 0.233 e. The fourth-order valence-corrected chi connectivity index (χ4v) is 6.39. The van der Waals surface area contributed by atoms with Crippen LogP contribution in [0.15, 0.2) is 30.7 Å². The van der Waals surface area contributed by atoms with Crippen molar-refractivity contribution in [2.45, 2.75) is 40.2 Å². The van der Waals surface area contributed by atoms with Gasteiger partial charge in [0.15, 0.2) is 0 Å². The minimum Gasteiger partial charge on any atom is -0.384 e. The van der Waals surface area contributed by atoms with E-state index in [0.29, 0.717) is 10.9 Å². The van der Waals surface area contributed by atoms with Crippen LogP contribution in [0.1, 0.15) is 37.8 Å². The maximum absolute atomic E-state index is 12.8. The van der Waals surface area contributed by atoms with Gasteiger partial charge in [-0.1, -0.05) is 25.4 Å². The average molecular weight is 507 g/mol. The van der Waals surface area contributed by atoms with Crippen molar-refractivity contribution in [1.29, 1.82) is 0 Å². The molecular weight excluding hydrogens is 476 g/mol. The van der Waals surface area contributed by atoms with Crippen molar-refractivity contribution >= 4 is 34.6 Å². The van der Waals surface area contributed by atoms with Crippen molar-refractivity contribution in [3.05, 3.63) is 46.9 Å². The number of amides is 2. The van der Waals surface area contributed by atoms with Crippen LogP contribution in [0.25, 0.3) is 16.8 Å². The molecule has 2 aromatic heterocycles. The van der Waals surface area contributed by atoms with Crippen LogP contribution >= 0.6 is 11.6 Å². The number of aromatic nitrogens is 3. The zero-order chi connectivity index (χ0) is 25.2. The largest absolute Gasteiger partial charge is 0.384 e. The van der Waals surface area contributed by atoms with Crippen LogP contribution in [0.4, 0.5) is 5.69 Å². The number of aryl methyl sites for hydroxylation is 1. The fourth-order valence-electron chi connectivity index (χ4n) is 6.12. The molecule has 2 amide bonds. The Morgan fingerprint density at radius 3 is 2.58 bits per heavy atom. The third kappa shape index (κ3) is 3.78. The van der Waals surface area contributed by atoms with Gasteiger partial charge in [0.05, 0.1) is 29.6 Å². The predicted octanol–water partition coefficient (Wildman–Crippen LogP) is 3.91. The molecule has 0 bridgehead atoms. The minimum atomic E-state index is -0.212. The summed E-state index contributed by atoms with van der Waals surface area (Å²) in [6.07, 6.45) is 5.71. The van der Waals surface area contributed by atoms with E-state index in [1.54, 1.807) is 4.52 Å². The number of benzene rings is 1. The number of piperidine rings is 2. The second-order valence-corrected chi connectivity index (χ2v) is 11.5. The molecule has 2 saturated heterocycles. The molecule has 2 unspecified atom stereocenters. The summed E-state index contributed by atoms with van der Waals surface area (Å²) in [4.78, 5) is 31.7. The highest BCUT2D eigenvalue weighted by molar-refractivity contribution is 6.31. The molecular formula is C27H31ClN6O2. The number of hydrogen-bond donors (Lipinski definition) is 2. The van der Waals surface area contributed by atoms with Gasteiger partial charge in [0.1, 0.15) is 6.33 Å². The number of fused-ring (bicyclic) bond motifs is 2. The molecule has 1 saturated carbocycles. The van der Waals surface area contributed by atoms with Crippen LogP contribution in [-0.4, -0.2) is 50.9 Å². The first-order valence-corrected chi connectivity index (χ1v) is 13.1. The highest BCUT2D eigenvalue weighted by atomic mass is 35.5. The number of hydrogen-bond acceptors (Lipinski definition) is 6. The fraction of sp³-hybridized carbons (Fsp3) is 0.481. The first-order valence-electron chi connectivity index (χ1n) is 12.7. The molecule has 2 aliphatic heterocycles. The van der Waals surface area contributed by atoms with Gasteiger partial charge in [0.25, 0.3) is 0 Å². The van der Waals surface area contributed by atoms with E-state index in [1.807, 2.05) is 38.2 Å². The molecule has 6 rings (SSSR count). The lowest BCUT2D eigenvalue weighted by molar-refractivity contribution is -0.143. The Morgan fingerprint density at radius 1 is 1.14 bits per heavy atom. The van der Waals surface area contributed by atoms with Crippen molar-refractivity contribution in [3.63, 3.8) is 0 Å². The molecule has 0 radical (unpaired) electrons. The summed E-state index contributed by atoms with van der Waals surface area (Å²) in [5.41, 5.74) is 5.21. The summed E-state index contributed by atoms with van der Waals surface area (Å²) < 4.78 is 1.76. The summed E-state index contributed by atoms with van der Waals surface area (Å²) in [6.45, 7) is 9.29. The number of imide groups is 1. The van der Waals surface area contributed by atoms with E-state index in [9.17, 15) is 9.59 Å². The Kier molecular flexibility index (Phi) is 5.57. The van der Waals surface area contributed by atoms with Gasteiger partial charge in [-0.3, -0.25) is 14.5 Å². The van der Waals surface area contributed by atoms with Gasteiger partial charge in [0.2, 0.25) is 11.8 Å². The first kappa shape index (κ1) is 23.4. The highest BCUT2D eigenvalue weighted by Crippen LogP contribution is 2.63. The molecule has 4 heterocycles. The van der Waals surface area contributed by atoms with Crippen LogP contribution in [0.3, 0.4) is 0 Å². The van der Waals surface area contributed by atoms with Crippen LogP contribution in [0.5, 0.6) is 0 Å². The lowest BCUT2D eigenvalue weighted by Gasteiger charge is -2.24. The van der Waals surface area contributed by atoms with E-state index in [-0.39, 0.29) is 35.6 Å². The van der Waals surface area contributed by atoms with Gasteiger partial charge in [-0.2, -0.15) is 5.10 Å². The number of halogens is 1. The second-order valence-electron chi connectivity index (χ2n) is 11.0. The average Bonchev–Trinajstić information content (AvgIpc) is 3.10. The third-order valence-corrected chi connectivity index (χ3v) is 8.49. The quantitative estimate of drug-likeness (QED) is 0.492. The molecule has 3 aromatic rings. The number of nitrogens with zero attached hydrogens (tertiary/aromatic N) is 4. The zero-order valence-corrected chi connectivity index (χ0v) is 21.6. The van der Waals surface area contributed by atoms with Crippen LogP contribution in [-0.2, 0) is 16.1 Å². The number of likely N-dealkylation sites (tertiary alicyclic amines) is 1. The number of carbonyl (C=O) groups excluding carboxylic acids is 2. The summed E-state index contributed by atoms with van der Waals surface area (Å²) in [7, 11) is 0. The van der Waals surface area contributed by atoms with Crippen molar-refractivity contribution in [2.24, 2.45) is 23.2 Å². The molecule has 188 valence electrons. The summed E-state index contributed by atoms with van der Waals surface area (Å²) >= 11 is 6.50. The van der Waals surface area contributed by atoms with Crippen molar-refractivity contribution in [2.75, 3.05) is 25.0 Å². The first-order chi connectivity index (χ1) is 17.3. The van der Waals surface area contributed by atoms with Crippen molar-refractivity contribution in [1.82, 2.24) is 24.8 Å². The maximum Gasteiger partial charge on any atom is 0.233 e. The SMILES string of the molecule is Cc1cc(Cl)cc(-c2ncnn3cc(CN4C(=O)C5C(C4=O)C5(C)C)cc23)c1NCC1CCNCC1. The van der Waals surface area contributed by atoms with Crippen molar-refractivity contribution in [3.8, 4) is 11.3 Å². The van der Waals surface area contributed by atoms with Crippen LogP contribution in [0, 0.1) is 30.1 Å².